The minimum atomic E-state index is -0.622. The molecule has 2 aromatic carbocycles. The van der Waals surface area contributed by atoms with E-state index in [0.717, 1.165) is 49.7 Å². The Kier molecular flexibility index (Phi) is 9.47. The van der Waals surface area contributed by atoms with E-state index in [2.05, 4.69) is 13.8 Å². The Morgan fingerprint density at radius 2 is 1.56 bits per heavy atom. The van der Waals surface area contributed by atoms with Crippen molar-refractivity contribution in [2.45, 2.75) is 71.3 Å². The van der Waals surface area contributed by atoms with Gasteiger partial charge in [0.2, 0.25) is 0 Å². The summed E-state index contributed by atoms with van der Waals surface area (Å²) in [6.07, 6.45) is 7.58. The molecule has 3 heteroatoms. The van der Waals surface area contributed by atoms with Crippen LogP contribution >= 0.6 is 0 Å². The van der Waals surface area contributed by atoms with E-state index in [1.807, 2.05) is 54.6 Å². The second kappa shape index (κ2) is 12.2. The standard InChI is InChI=1S/C24H32O3/c1-3-5-7-11-18-22(21-15-9-8-10-16-21)26-24(25)27-23-19-13-12-17-20(23)14-6-4-2/h8-10,12-13,15-17,19,22H,3-7,11,14,18H2,1-2H3. The lowest BCUT2D eigenvalue weighted by molar-refractivity contribution is 0.0525. The maximum absolute atomic E-state index is 12.5. The van der Waals surface area contributed by atoms with Crippen LogP contribution in [0.4, 0.5) is 4.79 Å². The minimum absolute atomic E-state index is 0.265. The Labute approximate surface area is 163 Å². The topological polar surface area (TPSA) is 35.5 Å². The first-order chi connectivity index (χ1) is 13.2. The molecule has 0 amide bonds. The third-order valence-corrected chi connectivity index (χ3v) is 4.70. The largest absolute Gasteiger partial charge is 0.514 e. The van der Waals surface area contributed by atoms with Crippen molar-refractivity contribution in [3.05, 3.63) is 65.7 Å². The molecule has 0 spiro atoms. The normalized spacial score (nSPS) is 11.8. The van der Waals surface area contributed by atoms with E-state index in [-0.39, 0.29) is 6.10 Å². The van der Waals surface area contributed by atoms with Crippen LogP contribution in [-0.2, 0) is 11.2 Å². The van der Waals surface area contributed by atoms with E-state index in [1.165, 1.54) is 12.8 Å². The van der Waals surface area contributed by atoms with Crippen molar-refractivity contribution in [1.82, 2.24) is 0 Å². The fourth-order valence-electron chi connectivity index (χ4n) is 3.12. The first-order valence-corrected chi connectivity index (χ1v) is 10.3. The number of unbranched alkanes of at least 4 members (excludes halogenated alkanes) is 4. The van der Waals surface area contributed by atoms with Crippen LogP contribution in [0.25, 0.3) is 0 Å². The average Bonchev–Trinajstić information content (AvgIpc) is 2.70. The summed E-state index contributed by atoms with van der Waals surface area (Å²) in [5.41, 5.74) is 2.07. The van der Waals surface area contributed by atoms with Crippen molar-refractivity contribution in [2.75, 3.05) is 0 Å². The van der Waals surface area contributed by atoms with Crippen LogP contribution in [0.2, 0.25) is 0 Å². The van der Waals surface area contributed by atoms with Gasteiger partial charge >= 0.3 is 6.16 Å². The van der Waals surface area contributed by atoms with Gasteiger partial charge < -0.3 is 9.47 Å². The molecule has 0 aliphatic rings. The highest BCUT2D eigenvalue weighted by Crippen LogP contribution is 2.26. The second-order valence-corrected chi connectivity index (χ2v) is 6.93. The zero-order valence-corrected chi connectivity index (χ0v) is 16.7. The Hall–Kier alpha value is -2.29. The summed E-state index contributed by atoms with van der Waals surface area (Å²) in [5.74, 6) is 0.605. The van der Waals surface area contributed by atoms with Crippen molar-refractivity contribution in [3.63, 3.8) is 0 Å². The van der Waals surface area contributed by atoms with Gasteiger partial charge in [-0.25, -0.2) is 4.79 Å². The van der Waals surface area contributed by atoms with E-state index >= 15 is 0 Å². The van der Waals surface area contributed by atoms with Gasteiger partial charge in [0.15, 0.2) is 0 Å². The molecular weight excluding hydrogens is 336 g/mol. The molecule has 1 unspecified atom stereocenters. The van der Waals surface area contributed by atoms with E-state index in [1.54, 1.807) is 0 Å². The monoisotopic (exact) mass is 368 g/mol. The van der Waals surface area contributed by atoms with Gasteiger partial charge in [0.05, 0.1) is 0 Å². The van der Waals surface area contributed by atoms with Crippen LogP contribution in [-0.4, -0.2) is 6.16 Å². The Balaban J connectivity index is 2.00. The summed E-state index contributed by atoms with van der Waals surface area (Å²) in [4.78, 5) is 12.5. The number of carbonyl (C=O) groups is 1. The molecule has 1 atom stereocenters. The molecule has 0 aromatic heterocycles. The number of rotatable bonds is 11. The highest BCUT2D eigenvalue weighted by atomic mass is 16.7. The number of benzene rings is 2. The molecule has 0 radical (unpaired) electrons. The van der Waals surface area contributed by atoms with Crippen molar-refractivity contribution in [3.8, 4) is 5.75 Å². The SMILES string of the molecule is CCCCCCC(OC(=O)Oc1ccccc1CCCC)c1ccccc1. The Morgan fingerprint density at radius 1 is 0.852 bits per heavy atom. The van der Waals surface area contributed by atoms with E-state index in [9.17, 15) is 4.79 Å². The quantitative estimate of drug-likeness (QED) is 0.238. The third-order valence-electron chi connectivity index (χ3n) is 4.70. The lowest BCUT2D eigenvalue weighted by atomic mass is 10.0. The molecule has 0 bridgehead atoms. The smallest absolute Gasteiger partial charge is 0.426 e. The number of ether oxygens (including phenoxy) is 2. The number of para-hydroxylation sites is 1. The molecule has 0 fully saturated rings. The zero-order valence-electron chi connectivity index (χ0n) is 16.7. The van der Waals surface area contributed by atoms with Gasteiger partial charge in [-0.2, -0.15) is 0 Å². The van der Waals surface area contributed by atoms with Crippen molar-refractivity contribution in [2.24, 2.45) is 0 Å². The molecule has 0 heterocycles. The first kappa shape index (κ1) is 21.0. The molecule has 0 aliphatic heterocycles. The van der Waals surface area contributed by atoms with Gasteiger partial charge in [0, 0.05) is 0 Å². The van der Waals surface area contributed by atoms with Crippen molar-refractivity contribution in [1.29, 1.82) is 0 Å². The van der Waals surface area contributed by atoms with Crippen LogP contribution in [0.5, 0.6) is 5.75 Å². The van der Waals surface area contributed by atoms with Crippen LogP contribution in [0, 0.1) is 0 Å². The van der Waals surface area contributed by atoms with Gasteiger partial charge in [-0.1, -0.05) is 88.1 Å². The van der Waals surface area contributed by atoms with E-state index in [0.29, 0.717) is 5.75 Å². The predicted octanol–water partition coefficient (Wildman–Crippen LogP) is 7.26. The highest BCUT2D eigenvalue weighted by Gasteiger charge is 2.19. The molecule has 0 saturated heterocycles. The summed E-state index contributed by atoms with van der Waals surface area (Å²) in [6.45, 7) is 4.35. The fourth-order valence-corrected chi connectivity index (χ4v) is 3.12. The first-order valence-electron chi connectivity index (χ1n) is 10.3. The summed E-state index contributed by atoms with van der Waals surface area (Å²) in [6, 6.07) is 17.6. The number of hydrogen-bond acceptors (Lipinski definition) is 3. The number of carbonyl (C=O) groups excluding carboxylic acids is 1. The van der Waals surface area contributed by atoms with Crippen molar-refractivity contribution < 1.29 is 14.3 Å². The number of aryl methyl sites for hydroxylation is 1. The van der Waals surface area contributed by atoms with Gasteiger partial charge in [-0.15, -0.1) is 0 Å². The van der Waals surface area contributed by atoms with Gasteiger partial charge in [0.25, 0.3) is 0 Å². The summed E-state index contributed by atoms with van der Waals surface area (Å²) in [5, 5.41) is 0. The zero-order chi connectivity index (χ0) is 19.3. The molecule has 0 aliphatic carbocycles. The van der Waals surface area contributed by atoms with Crippen LogP contribution in [0.15, 0.2) is 54.6 Å². The fraction of sp³-hybridized carbons (Fsp3) is 0.458. The molecule has 3 nitrogen and oxygen atoms in total. The summed E-state index contributed by atoms with van der Waals surface area (Å²) in [7, 11) is 0. The van der Waals surface area contributed by atoms with E-state index in [4.69, 9.17) is 9.47 Å². The summed E-state index contributed by atoms with van der Waals surface area (Å²) >= 11 is 0. The molecule has 2 rings (SSSR count). The van der Waals surface area contributed by atoms with Crippen LogP contribution in [0.1, 0.15) is 76.0 Å². The number of hydrogen-bond donors (Lipinski definition) is 0. The third kappa shape index (κ3) is 7.46. The maximum atomic E-state index is 12.5. The van der Waals surface area contributed by atoms with Gasteiger partial charge in [-0.3, -0.25) is 0 Å². The molecule has 0 N–H and O–H groups in total. The molecule has 146 valence electrons. The van der Waals surface area contributed by atoms with Gasteiger partial charge in [0.1, 0.15) is 11.9 Å². The Morgan fingerprint density at radius 3 is 2.30 bits per heavy atom. The van der Waals surface area contributed by atoms with Gasteiger partial charge in [-0.05, 0) is 42.9 Å². The lowest BCUT2D eigenvalue weighted by Crippen LogP contribution is -2.16. The molecule has 0 saturated carbocycles. The molecule has 27 heavy (non-hydrogen) atoms. The van der Waals surface area contributed by atoms with Crippen LogP contribution < -0.4 is 4.74 Å². The second-order valence-electron chi connectivity index (χ2n) is 6.93. The Bertz CT molecular complexity index is 666. The minimum Gasteiger partial charge on any atom is -0.426 e. The molecular formula is C24H32O3. The summed E-state index contributed by atoms with van der Waals surface area (Å²) < 4.78 is 11.3. The lowest BCUT2D eigenvalue weighted by Gasteiger charge is -2.18. The average molecular weight is 369 g/mol. The predicted molar refractivity (Wildman–Crippen MR) is 110 cm³/mol. The molecule has 2 aromatic rings. The van der Waals surface area contributed by atoms with E-state index < -0.39 is 6.16 Å². The maximum Gasteiger partial charge on any atom is 0.514 e. The van der Waals surface area contributed by atoms with Crippen LogP contribution in [0.3, 0.4) is 0 Å². The van der Waals surface area contributed by atoms with Crippen molar-refractivity contribution >= 4 is 6.16 Å². The highest BCUT2D eigenvalue weighted by molar-refractivity contribution is 5.65.